The van der Waals surface area contributed by atoms with Gasteiger partial charge < -0.3 is 10.2 Å². The maximum Gasteiger partial charge on any atom is 0.151 e. The molecule has 1 unspecified atom stereocenters. The Morgan fingerprint density at radius 1 is 1.50 bits per heavy atom. The normalized spacial score (nSPS) is 20.0. The molecule has 2 heterocycles. The lowest BCUT2D eigenvalue weighted by Crippen LogP contribution is -2.38. The van der Waals surface area contributed by atoms with Gasteiger partial charge in [0.2, 0.25) is 0 Å². The zero-order chi connectivity index (χ0) is 11.4. The first-order chi connectivity index (χ1) is 7.79. The number of hydrogen-bond acceptors (Lipinski definition) is 4. The predicted molar refractivity (Wildman–Crippen MR) is 66.0 cm³/mol. The highest BCUT2D eigenvalue weighted by atomic mass is 35.5. The summed E-state index contributed by atoms with van der Waals surface area (Å²) in [5.74, 6) is 0.903. The summed E-state index contributed by atoms with van der Waals surface area (Å²) in [5.41, 5.74) is 0. The van der Waals surface area contributed by atoms with E-state index in [4.69, 9.17) is 11.6 Å². The molecule has 0 radical (unpaired) electrons. The summed E-state index contributed by atoms with van der Waals surface area (Å²) in [6.45, 7) is 5.20. The summed E-state index contributed by atoms with van der Waals surface area (Å²) in [6.07, 6.45) is 2.52. The van der Waals surface area contributed by atoms with Crippen LogP contribution in [0.15, 0.2) is 12.1 Å². The second-order valence-electron chi connectivity index (χ2n) is 4.05. The molecular weight excluding hydrogens is 224 g/mol. The van der Waals surface area contributed by atoms with Crippen LogP contribution in [-0.2, 0) is 0 Å². The number of halogens is 1. The first kappa shape index (κ1) is 11.6. The number of anilines is 1. The topological polar surface area (TPSA) is 41.0 Å². The minimum absolute atomic E-state index is 0.443. The Morgan fingerprint density at radius 2 is 2.38 bits per heavy atom. The Hall–Kier alpha value is -0.870. The number of hydrogen-bond donors (Lipinski definition) is 1. The van der Waals surface area contributed by atoms with E-state index < -0.39 is 0 Å². The molecule has 0 aliphatic carbocycles. The first-order valence-electron chi connectivity index (χ1n) is 5.77. The fourth-order valence-corrected chi connectivity index (χ4v) is 2.14. The summed E-state index contributed by atoms with van der Waals surface area (Å²) in [6, 6.07) is 4.29. The van der Waals surface area contributed by atoms with E-state index in [1.54, 1.807) is 6.07 Å². The average molecular weight is 241 g/mol. The molecule has 5 heteroatoms. The van der Waals surface area contributed by atoms with Crippen LogP contribution in [0, 0.1) is 0 Å². The second-order valence-corrected chi connectivity index (χ2v) is 4.43. The van der Waals surface area contributed by atoms with Gasteiger partial charge in [-0.1, -0.05) is 11.6 Å². The summed E-state index contributed by atoms with van der Waals surface area (Å²) in [5, 5.41) is 11.9. The molecule has 4 nitrogen and oxygen atoms in total. The van der Waals surface area contributed by atoms with Gasteiger partial charge in [0.05, 0.1) is 0 Å². The van der Waals surface area contributed by atoms with Crippen LogP contribution in [0.5, 0.6) is 0 Å². The molecule has 0 bridgehead atoms. The summed E-state index contributed by atoms with van der Waals surface area (Å²) in [4.78, 5) is 2.23. The fraction of sp³-hybridized carbons (Fsp3) is 0.636. The van der Waals surface area contributed by atoms with E-state index in [2.05, 4.69) is 27.3 Å². The van der Waals surface area contributed by atoms with E-state index in [0.717, 1.165) is 25.5 Å². The lowest BCUT2D eigenvalue weighted by molar-refractivity contribution is 0.582. The highest BCUT2D eigenvalue weighted by molar-refractivity contribution is 6.29. The van der Waals surface area contributed by atoms with Crippen molar-refractivity contribution in [3.8, 4) is 0 Å². The summed E-state index contributed by atoms with van der Waals surface area (Å²) < 4.78 is 0. The van der Waals surface area contributed by atoms with Crippen molar-refractivity contribution >= 4 is 17.4 Å². The second kappa shape index (κ2) is 5.46. The van der Waals surface area contributed by atoms with Crippen molar-refractivity contribution in [1.82, 2.24) is 15.5 Å². The van der Waals surface area contributed by atoms with Crippen molar-refractivity contribution < 1.29 is 0 Å². The van der Waals surface area contributed by atoms with E-state index in [-0.39, 0.29) is 0 Å². The molecule has 1 fully saturated rings. The fourth-order valence-electron chi connectivity index (χ4n) is 2.04. The molecule has 1 aromatic rings. The van der Waals surface area contributed by atoms with Crippen LogP contribution in [-0.4, -0.2) is 35.9 Å². The van der Waals surface area contributed by atoms with Gasteiger partial charge in [-0.25, -0.2) is 0 Å². The van der Waals surface area contributed by atoms with Crippen LogP contribution in [0.3, 0.4) is 0 Å². The Bertz CT molecular complexity index is 321. The number of aromatic nitrogens is 2. The SMILES string of the molecule is CCN(CC1CCCN1)c1ccc(Cl)nn1. The monoisotopic (exact) mass is 240 g/mol. The van der Waals surface area contributed by atoms with E-state index in [1.165, 1.54) is 12.8 Å². The molecule has 1 aromatic heterocycles. The van der Waals surface area contributed by atoms with E-state index in [0.29, 0.717) is 11.2 Å². The third kappa shape index (κ3) is 2.83. The van der Waals surface area contributed by atoms with Crippen molar-refractivity contribution in [2.75, 3.05) is 24.5 Å². The van der Waals surface area contributed by atoms with Crippen molar-refractivity contribution in [2.45, 2.75) is 25.8 Å². The molecular formula is C11H17ClN4. The van der Waals surface area contributed by atoms with Crippen LogP contribution in [0.4, 0.5) is 5.82 Å². The third-order valence-corrected chi connectivity index (χ3v) is 3.13. The van der Waals surface area contributed by atoms with Crippen molar-refractivity contribution in [2.24, 2.45) is 0 Å². The Morgan fingerprint density at radius 3 is 2.94 bits per heavy atom. The van der Waals surface area contributed by atoms with Crippen LogP contribution >= 0.6 is 11.6 Å². The zero-order valence-electron chi connectivity index (χ0n) is 9.49. The predicted octanol–water partition coefficient (Wildman–Crippen LogP) is 1.71. The molecule has 16 heavy (non-hydrogen) atoms. The zero-order valence-corrected chi connectivity index (χ0v) is 10.2. The number of nitrogens with zero attached hydrogens (tertiary/aromatic N) is 3. The van der Waals surface area contributed by atoms with Crippen LogP contribution < -0.4 is 10.2 Å². The standard InChI is InChI=1S/C11H17ClN4/c1-2-16(8-9-4-3-7-13-9)11-6-5-10(12)14-15-11/h5-6,9,13H,2-4,7-8H2,1H3. The Labute approximate surface area is 101 Å². The molecule has 88 valence electrons. The van der Waals surface area contributed by atoms with Crippen molar-refractivity contribution in [3.63, 3.8) is 0 Å². The van der Waals surface area contributed by atoms with Crippen LogP contribution in [0.2, 0.25) is 5.15 Å². The molecule has 1 aliphatic heterocycles. The third-order valence-electron chi connectivity index (χ3n) is 2.93. The molecule has 2 rings (SSSR count). The summed E-state index contributed by atoms with van der Waals surface area (Å²) in [7, 11) is 0. The molecule has 1 aliphatic rings. The van der Waals surface area contributed by atoms with Gasteiger partial charge in [-0.05, 0) is 38.4 Å². The van der Waals surface area contributed by atoms with Crippen molar-refractivity contribution in [1.29, 1.82) is 0 Å². The van der Waals surface area contributed by atoms with Crippen LogP contribution in [0.1, 0.15) is 19.8 Å². The maximum absolute atomic E-state index is 5.73. The average Bonchev–Trinajstić information content (AvgIpc) is 2.80. The van der Waals surface area contributed by atoms with Gasteiger partial charge >= 0.3 is 0 Å². The molecule has 1 N–H and O–H groups in total. The number of likely N-dealkylation sites (N-methyl/N-ethyl adjacent to an activating group) is 1. The molecule has 0 amide bonds. The van der Waals surface area contributed by atoms with Gasteiger partial charge in [0.15, 0.2) is 11.0 Å². The molecule has 0 aromatic carbocycles. The first-order valence-corrected chi connectivity index (χ1v) is 6.15. The van der Waals surface area contributed by atoms with Gasteiger partial charge in [0, 0.05) is 19.1 Å². The number of nitrogens with one attached hydrogen (secondary N) is 1. The quantitative estimate of drug-likeness (QED) is 0.870. The van der Waals surface area contributed by atoms with Gasteiger partial charge in [0.25, 0.3) is 0 Å². The van der Waals surface area contributed by atoms with E-state index in [9.17, 15) is 0 Å². The Kier molecular flexibility index (Phi) is 3.96. The van der Waals surface area contributed by atoms with Gasteiger partial charge in [-0.15, -0.1) is 10.2 Å². The van der Waals surface area contributed by atoms with Gasteiger partial charge in [-0.3, -0.25) is 0 Å². The molecule has 1 atom stereocenters. The number of rotatable bonds is 4. The van der Waals surface area contributed by atoms with Crippen LogP contribution in [0.25, 0.3) is 0 Å². The largest absolute Gasteiger partial charge is 0.354 e. The highest BCUT2D eigenvalue weighted by Crippen LogP contribution is 2.14. The minimum Gasteiger partial charge on any atom is -0.354 e. The Balaban J connectivity index is 2.00. The molecule has 0 saturated carbocycles. The van der Waals surface area contributed by atoms with E-state index >= 15 is 0 Å². The highest BCUT2D eigenvalue weighted by Gasteiger charge is 2.17. The lowest BCUT2D eigenvalue weighted by atomic mass is 10.2. The van der Waals surface area contributed by atoms with Gasteiger partial charge in [-0.2, -0.15) is 0 Å². The molecule has 0 spiro atoms. The molecule has 1 saturated heterocycles. The van der Waals surface area contributed by atoms with Gasteiger partial charge in [0.1, 0.15) is 0 Å². The van der Waals surface area contributed by atoms with Crippen molar-refractivity contribution in [3.05, 3.63) is 17.3 Å². The maximum atomic E-state index is 5.73. The smallest absolute Gasteiger partial charge is 0.151 e. The van der Waals surface area contributed by atoms with E-state index in [1.807, 2.05) is 6.07 Å². The summed E-state index contributed by atoms with van der Waals surface area (Å²) >= 11 is 5.73. The minimum atomic E-state index is 0.443. The lowest BCUT2D eigenvalue weighted by Gasteiger charge is -2.24.